The summed E-state index contributed by atoms with van der Waals surface area (Å²) in [5.41, 5.74) is -1.61. The Bertz CT molecular complexity index is 644. The molecule has 94 valence electrons. The third kappa shape index (κ3) is 1.99. The first kappa shape index (κ1) is 12.3. The van der Waals surface area contributed by atoms with Crippen molar-refractivity contribution in [3.8, 4) is 0 Å². The Hall–Kier alpha value is -2.18. The monoisotopic (exact) mass is 256 g/mol. The molecule has 2 rings (SSSR count). The maximum Gasteiger partial charge on any atom is 0.337 e. The number of aryl methyl sites for hydroxylation is 1. The third-order valence-corrected chi connectivity index (χ3v) is 2.40. The van der Waals surface area contributed by atoms with E-state index < -0.39 is 29.5 Å². The summed E-state index contributed by atoms with van der Waals surface area (Å²) in [5, 5.41) is 8.88. The van der Waals surface area contributed by atoms with Gasteiger partial charge >= 0.3 is 5.97 Å². The molecule has 18 heavy (non-hydrogen) atoms. The van der Waals surface area contributed by atoms with Crippen molar-refractivity contribution in [3.63, 3.8) is 0 Å². The SMILES string of the molecule is Cc1nc2nc(C(F)F)c(C(=O)O)cc2cc1F. The zero-order valence-electron chi connectivity index (χ0n) is 9.12. The summed E-state index contributed by atoms with van der Waals surface area (Å²) in [5.74, 6) is -2.19. The fraction of sp³-hybridized carbons (Fsp3) is 0.182. The molecule has 0 aliphatic heterocycles. The number of pyridine rings is 2. The van der Waals surface area contributed by atoms with Gasteiger partial charge in [-0.3, -0.25) is 0 Å². The third-order valence-electron chi connectivity index (χ3n) is 2.40. The number of aromatic nitrogens is 2. The summed E-state index contributed by atoms with van der Waals surface area (Å²) < 4.78 is 38.6. The van der Waals surface area contributed by atoms with Crippen LogP contribution in [0.1, 0.15) is 28.2 Å². The lowest BCUT2D eigenvalue weighted by molar-refractivity contribution is 0.0682. The summed E-state index contributed by atoms with van der Waals surface area (Å²) in [6.07, 6.45) is -3.03. The molecule has 0 fully saturated rings. The summed E-state index contributed by atoms with van der Waals surface area (Å²) >= 11 is 0. The van der Waals surface area contributed by atoms with Crippen molar-refractivity contribution in [1.29, 1.82) is 0 Å². The highest BCUT2D eigenvalue weighted by Crippen LogP contribution is 2.25. The summed E-state index contributed by atoms with van der Waals surface area (Å²) in [4.78, 5) is 18.0. The van der Waals surface area contributed by atoms with E-state index in [1.54, 1.807) is 0 Å². The van der Waals surface area contributed by atoms with Gasteiger partial charge in [-0.05, 0) is 19.1 Å². The minimum absolute atomic E-state index is 0.0123. The maximum atomic E-state index is 13.3. The summed E-state index contributed by atoms with van der Waals surface area (Å²) in [6.45, 7) is 1.36. The predicted molar refractivity (Wildman–Crippen MR) is 56.1 cm³/mol. The van der Waals surface area contributed by atoms with E-state index in [1.165, 1.54) is 6.92 Å². The Morgan fingerprint density at radius 2 is 2.00 bits per heavy atom. The molecule has 0 spiro atoms. The van der Waals surface area contributed by atoms with Gasteiger partial charge in [-0.15, -0.1) is 0 Å². The fourth-order valence-electron chi connectivity index (χ4n) is 1.52. The minimum Gasteiger partial charge on any atom is -0.478 e. The van der Waals surface area contributed by atoms with E-state index >= 15 is 0 Å². The van der Waals surface area contributed by atoms with Gasteiger partial charge in [0.1, 0.15) is 11.5 Å². The van der Waals surface area contributed by atoms with Gasteiger partial charge in [-0.2, -0.15) is 0 Å². The van der Waals surface area contributed by atoms with Gasteiger partial charge in [0.05, 0.1) is 11.3 Å². The molecular formula is C11H7F3N2O2. The lowest BCUT2D eigenvalue weighted by Crippen LogP contribution is -2.07. The number of alkyl halides is 2. The van der Waals surface area contributed by atoms with Gasteiger partial charge in [0.15, 0.2) is 5.65 Å². The number of rotatable bonds is 2. The van der Waals surface area contributed by atoms with Crippen LogP contribution in [0.3, 0.4) is 0 Å². The molecule has 0 unspecified atom stereocenters. The normalized spacial score (nSPS) is 11.2. The number of carboxylic acid groups (broad SMARTS) is 1. The van der Waals surface area contributed by atoms with Crippen LogP contribution in [0.5, 0.6) is 0 Å². The van der Waals surface area contributed by atoms with Crippen LogP contribution in [0.2, 0.25) is 0 Å². The molecule has 0 saturated carbocycles. The lowest BCUT2D eigenvalue weighted by Gasteiger charge is -2.07. The molecular weight excluding hydrogens is 249 g/mol. The predicted octanol–water partition coefficient (Wildman–Crippen LogP) is 2.71. The molecule has 2 heterocycles. The molecule has 4 nitrogen and oxygen atoms in total. The Morgan fingerprint density at radius 1 is 1.33 bits per heavy atom. The van der Waals surface area contributed by atoms with Gasteiger partial charge in [0.25, 0.3) is 6.43 Å². The van der Waals surface area contributed by atoms with Crippen molar-refractivity contribution in [1.82, 2.24) is 9.97 Å². The number of halogens is 3. The lowest BCUT2D eigenvalue weighted by atomic mass is 10.1. The van der Waals surface area contributed by atoms with Gasteiger partial charge in [0, 0.05) is 5.39 Å². The summed E-state index contributed by atoms with van der Waals surface area (Å²) in [6, 6.07) is 1.97. The highest BCUT2D eigenvalue weighted by molar-refractivity contribution is 5.93. The van der Waals surface area contributed by atoms with Crippen molar-refractivity contribution >= 4 is 17.0 Å². The van der Waals surface area contributed by atoms with E-state index in [9.17, 15) is 18.0 Å². The van der Waals surface area contributed by atoms with E-state index in [0.717, 1.165) is 12.1 Å². The second kappa shape index (κ2) is 4.25. The van der Waals surface area contributed by atoms with E-state index in [2.05, 4.69) is 9.97 Å². The average molecular weight is 256 g/mol. The number of hydrogen-bond acceptors (Lipinski definition) is 3. The standard InChI is InChI=1S/C11H7F3N2O2/c1-4-7(12)3-5-2-6(11(17)18)8(9(13)14)16-10(5)15-4/h2-3,9H,1H3,(H,17,18). The second-order valence-electron chi connectivity index (χ2n) is 3.63. The first-order valence-corrected chi connectivity index (χ1v) is 4.89. The molecule has 0 radical (unpaired) electrons. The van der Waals surface area contributed by atoms with Gasteiger partial charge in [-0.1, -0.05) is 0 Å². The van der Waals surface area contributed by atoms with Gasteiger partial charge < -0.3 is 5.11 Å². The summed E-state index contributed by atoms with van der Waals surface area (Å²) in [7, 11) is 0. The molecule has 0 saturated heterocycles. The zero-order valence-corrected chi connectivity index (χ0v) is 9.12. The fourth-order valence-corrected chi connectivity index (χ4v) is 1.52. The van der Waals surface area contributed by atoms with Crippen LogP contribution in [-0.2, 0) is 0 Å². The van der Waals surface area contributed by atoms with E-state index in [4.69, 9.17) is 5.11 Å². The molecule has 0 bridgehead atoms. The average Bonchev–Trinajstić information content (AvgIpc) is 2.28. The minimum atomic E-state index is -3.03. The van der Waals surface area contributed by atoms with E-state index in [1.807, 2.05) is 0 Å². The van der Waals surface area contributed by atoms with Crippen LogP contribution in [0.15, 0.2) is 12.1 Å². The van der Waals surface area contributed by atoms with Crippen molar-refractivity contribution in [2.45, 2.75) is 13.3 Å². The molecule has 0 aliphatic rings. The smallest absolute Gasteiger partial charge is 0.337 e. The highest BCUT2D eigenvalue weighted by atomic mass is 19.3. The van der Waals surface area contributed by atoms with Crippen LogP contribution < -0.4 is 0 Å². The molecule has 2 aromatic heterocycles. The van der Waals surface area contributed by atoms with Crippen LogP contribution in [0.4, 0.5) is 13.2 Å². The first-order valence-electron chi connectivity index (χ1n) is 4.89. The molecule has 0 aromatic carbocycles. The molecule has 0 amide bonds. The Morgan fingerprint density at radius 3 is 2.56 bits per heavy atom. The molecule has 2 aromatic rings. The first-order chi connectivity index (χ1) is 8.40. The van der Waals surface area contributed by atoms with E-state index in [-0.39, 0.29) is 16.7 Å². The number of carbonyl (C=O) groups is 1. The van der Waals surface area contributed by atoms with Crippen LogP contribution in [0, 0.1) is 12.7 Å². The molecule has 0 atom stereocenters. The Balaban J connectivity index is 2.80. The largest absolute Gasteiger partial charge is 0.478 e. The zero-order chi connectivity index (χ0) is 13.4. The number of aromatic carboxylic acids is 1. The van der Waals surface area contributed by atoms with Crippen molar-refractivity contribution in [2.75, 3.05) is 0 Å². The van der Waals surface area contributed by atoms with Crippen LogP contribution in [-0.4, -0.2) is 21.0 Å². The number of fused-ring (bicyclic) bond motifs is 1. The van der Waals surface area contributed by atoms with E-state index in [0.29, 0.717) is 0 Å². The van der Waals surface area contributed by atoms with Crippen molar-refractivity contribution in [2.24, 2.45) is 0 Å². The number of nitrogens with zero attached hydrogens (tertiary/aromatic N) is 2. The van der Waals surface area contributed by atoms with Gasteiger partial charge in [0.2, 0.25) is 0 Å². The van der Waals surface area contributed by atoms with Crippen molar-refractivity contribution in [3.05, 3.63) is 34.9 Å². The second-order valence-corrected chi connectivity index (χ2v) is 3.63. The molecule has 0 aliphatic carbocycles. The highest BCUT2D eigenvalue weighted by Gasteiger charge is 2.21. The number of carboxylic acids is 1. The molecule has 1 N–H and O–H groups in total. The number of hydrogen-bond donors (Lipinski definition) is 1. The maximum absolute atomic E-state index is 13.3. The molecule has 7 heteroatoms. The Kier molecular flexibility index (Phi) is 2.90. The topological polar surface area (TPSA) is 63.1 Å². The van der Waals surface area contributed by atoms with Gasteiger partial charge in [-0.25, -0.2) is 27.9 Å². The van der Waals surface area contributed by atoms with Crippen LogP contribution >= 0.6 is 0 Å². The quantitative estimate of drug-likeness (QED) is 0.897. The van der Waals surface area contributed by atoms with Crippen LogP contribution in [0.25, 0.3) is 11.0 Å². The van der Waals surface area contributed by atoms with Crippen molar-refractivity contribution < 1.29 is 23.1 Å². The Labute approximate surface area is 99.1 Å².